The molecule has 112 valence electrons. The van der Waals surface area contributed by atoms with Crippen LogP contribution in [-0.4, -0.2) is 29.1 Å². The van der Waals surface area contributed by atoms with Crippen LogP contribution in [0.4, 0.5) is 11.4 Å². The van der Waals surface area contributed by atoms with E-state index in [-0.39, 0.29) is 0 Å². The number of halogens is 1. The molecule has 0 saturated heterocycles. The number of rotatable bonds is 2. The molecule has 2 N–H and O–H groups in total. The first kappa shape index (κ1) is 15.0. The van der Waals surface area contributed by atoms with Crippen molar-refractivity contribution in [1.82, 2.24) is 4.90 Å². The molecule has 4 nitrogen and oxygen atoms in total. The molecule has 0 bridgehead atoms. The van der Waals surface area contributed by atoms with Crippen LogP contribution < -0.4 is 10.6 Å². The summed E-state index contributed by atoms with van der Waals surface area (Å²) in [7, 11) is 0. The second-order valence-electron chi connectivity index (χ2n) is 4.79. The van der Waals surface area contributed by atoms with E-state index < -0.39 is 0 Å². The van der Waals surface area contributed by atoms with Crippen molar-refractivity contribution in [2.75, 3.05) is 23.7 Å². The minimum atomic E-state index is 0.637. The van der Waals surface area contributed by atoms with E-state index in [1.54, 1.807) is 0 Å². The Balaban J connectivity index is 1.68. The third kappa shape index (κ3) is 3.64. The van der Waals surface area contributed by atoms with Gasteiger partial charge in [0.25, 0.3) is 0 Å². The Morgan fingerprint density at radius 1 is 1.09 bits per heavy atom. The van der Waals surface area contributed by atoms with Gasteiger partial charge in [-0.1, -0.05) is 40.2 Å². The topological polar surface area (TPSA) is 39.7 Å². The fraction of sp³-hybridized carbons (Fsp3) is 0.125. The number of thiocarbonyl (C=S) groups is 1. The number of anilines is 2. The summed E-state index contributed by atoms with van der Waals surface area (Å²) < 4.78 is 1.01. The Morgan fingerprint density at radius 2 is 1.86 bits per heavy atom. The number of guanidine groups is 1. The van der Waals surface area contributed by atoms with Crippen LogP contribution in [0.3, 0.4) is 0 Å². The summed E-state index contributed by atoms with van der Waals surface area (Å²) in [4.78, 5) is 6.46. The van der Waals surface area contributed by atoms with Gasteiger partial charge in [0.2, 0.25) is 5.96 Å². The Hall–Kier alpha value is -1.92. The van der Waals surface area contributed by atoms with Crippen LogP contribution in [0, 0.1) is 0 Å². The molecule has 1 heterocycles. The van der Waals surface area contributed by atoms with Crippen molar-refractivity contribution in [1.29, 1.82) is 0 Å². The maximum Gasteiger partial charge on any atom is 0.204 e. The van der Waals surface area contributed by atoms with Gasteiger partial charge >= 0.3 is 0 Å². The van der Waals surface area contributed by atoms with Crippen LogP contribution in [0.1, 0.15) is 0 Å². The van der Waals surface area contributed by atoms with Gasteiger partial charge < -0.3 is 10.6 Å². The summed E-state index contributed by atoms with van der Waals surface area (Å²) >= 11 is 8.97. The van der Waals surface area contributed by atoms with Gasteiger partial charge in [-0.3, -0.25) is 9.89 Å². The largest absolute Gasteiger partial charge is 0.332 e. The van der Waals surface area contributed by atoms with Gasteiger partial charge in [-0.05, 0) is 42.5 Å². The van der Waals surface area contributed by atoms with E-state index in [1.807, 2.05) is 59.5 Å². The zero-order chi connectivity index (χ0) is 15.4. The lowest BCUT2D eigenvalue weighted by Gasteiger charge is -2.22. The Labute approximate surface area is 143 Å². The van der Waals surface area contributed by atoms with Gasteiger partial charge in [-0.25, -0.2) is 0 Å². The van der Waals surface area contributed by atoms with Crippen molar-refractivity contribution in [3.63, 3.8) is 0 Å². The molecule has 1 aliphatic heterocycles. The molecule has 1 aliphatic rings. The fourth-order valence-electron chi connectivity index (χ4n) is 2.16. The van der Waals surface area contributed by atoms with E-state index >= 15 is 0 Å². The number of nitrogens with one attached hydrogen (secondary N) is 2. The number of para-hydroxylation sites is 1. The summed E-state index contributed by atoms with van der Waals surface area (Å²) in [5.74, 6) is 0.777. The molecule has 0 fully saturated rings. The van der Waals surface area contributed by atoms with Gasteiger partial charge in [0.1, 0.15) is 0 Å². The molecule has 0 spiro atoms. The van der Waals surface area contributed by atoms with E-state index in [2.05, 4.69) is 31.6 Å². The first-order valence-corrected chi connectivity index (χ1v) is 8.13. The SMILES string of the molecule is S=C(Nc1cccc(Br)c1)N1CCN=C1Nc1ccccc1. The van der Waals surface area contributed by atoms with E-state index in [0.29, 0.717) is 5.11 Å². The van der Waals surface area contributed by atoms with Crippen LogP contribution in [-0.2, 0) is 0 Å². The number of nitrogens with zero attached hydrogens (tertiary/aromatic N) is 2. The van der Waals surface area contributed by atoms with Gasteiger partial charge in [-0.2, -0.15) is 0 Å². The zero-order valence-electron chi connectivity index (χ0n) is 11.8. The van der Waals surface area contributed by atoms with Gasteiger partial charge in [0.15, 0.2) is 5.11 Å². The molecule has 0 radical (unpaired) electrons. The predicted molar refractivity (Wildman–Crippen MR) is 99.4 cm³/mol. The van der Waals surface area contributed by atoms with E-state index in [1.165, 1.54) is 0 Å². The molecule has 0 aromatic heterocycles. The van der Waals surface area contributed by atoms with Crippen molar-refractivity contribution in [2.45, 2.75) is 0 Å². The van der Waals surface area contributed by atoms with E-state index in [0.717, 1.165) is 34.9 Å². The third-order valence-electron chi connectivity index (χ3n) is 3.19. The summed E-state index contributed by atoms with van der Waals surface area (Å²) in [5.41, 5.74) is 1.95. The fourth-order valence-corrected chi connectivity index (χ4v) is 2.85. The maximum absolute atomic E-state index is 5.51. The summed E-state index contributed by atoms with van der Waals surface area (Å²) in [5, 5.41) is 7.19. The van der Waals surface area contributed by atoms with E-state index in [4.69, 9.17) is 12.2 Å². The Bertz CT molecular complexity index is 702. The van der Waals surface area contributed by atoms with Crippen molar-refractivity contribution in [2.24, 2.45) is 4.99 Å². The quantitative estimate of drug-likeness (QED) is 0.781. The van der Waals surface area contributed by atoms with Crippen LogP contribution in [0.15, 0.2) is 64.1 Å². The molecule has 2 aromatic carbocycles. The minimum absolute atomic E-state index is 0.637. The van der Waals surface area contributed by atoms with Crippen LogP contribution >= 0.6 is 28.1 Å². The van der Waals surface area contributed by atoms with Crippen LogP contribution in [0.5, 0.6) is 0 Å². The van der Waals surface area contributed by atoms with Gasteiger partial charge in [-0.15, -0.1) is 0 Å². The molecule has 6 heteroatoms. The monoisotopic (exact) mass is 374 g/mol. The lowest BCUT2D eigenvalue weighted by atomic mass is 10.3. The highest BCUT2D eigenvalue weighted by Gasteiger charge is 2.21. The Morgan fingerprint density at radius 3 is 2.64 bits per heavy atom. The molecule has 0 amide bonds. The summed E-state index contributed by atoms with van der Waals surface area (Å²) in [6.45, 7) is 1.50. The van der Waals surface area contributed by atoms with Gasteiger partial charge in [0, 0.05) is 22.4 Å². The lowest BCUT2D eigenvalue weighted by Crippen LogP contribution is -2.40. The first-order chi connectivity index (χ1) is 10.7. The Kier molecular flexibility index (Phi) is 4.70. The molecular formula is C16H15BrN4S. The lowest BCUT2D eigenvalue weighted by molar-refractivity contribution is 0.674. The second-order valence-corrected chi connectivity index (χ2v) is 6.09. The summed E-state index contributed by atoms with van der Waals surface area (Å²) in [6, 6.07) is 17.9. The number of hydrogen-bond acceptors (Lipinski definition) is 3. The van der Waals surface area contributed by atoms with Crippen molar-refractivity contribution in [3.05, 3.63) is 59.1 Å². The zero-order valence-corrected chi connectivity index (χ0v) is 14.2. The number of aliphatic imine (C=N–C) groups is 1. The average Bonchev–Trinajstić information content (AvgIpc) is 2.96. The number of benzene rings is 2. The highest BCUT2D eigenvalue weighted by atomic mass is 79.9. The van der Waals surface area contributed by atoms with Crippen molar-refractivity contribution in [3.8, 4) is 0 Å². The van der Waals surface area contributed by atoms with Crippen LogP contribution in [0.25, 0.3) is 0 Å². The first-order valence-electron chi connectivity index (χ1n) is 6.93. The summed E-state index contributed by atoms with van der Waals surface area (Å²) in [6.07, 6.45) is 0. The predicted octanol–water partition coefficient (Wildman–Crippen LogP) is 3.93. The molecule has 2 aromatic rings. The van der Waals surface area contributed by atoms with Crippen molar-refractivity contribution >= 4 is 50.6 Å². The molecule has 0 atom stereocenters. The molecule has 0 saturated carbocycles. The highest BCUT2D eigenvalue weighted by molar-refractivity contribution is 9.10. The minimum Gasteiger partial charge on any atom is -0.332 e. The third-order valence-corrected chi connectivity index (χ3v) is 4.01. The van der Waals surface area contributed by atoms with Crippen molar-refractivity contribution < 1.29 is 0 Å². The van der Waals surface area contributed by atoms with E-state index in [9.17, 15) is 0 Å². The maximum atomic E-state index is 5.51. The molecule has 3 rings (SSSR count). The molecule has 0 unspecified atom stereocenters. The molecule has 22 heavy (non-hydrogen) atoms. The molecule has 0 aliphatic carbocycles. The highest BCUT2D eigenvalue weighted by Crippen LogP contribution is 2.17. The second kappa shape index (κ2) is 6.89. The van der Waals surface area contributed by atoms with Gasteiger partial charge in [0.05, 0.1) is 6.54 Å². The number of hydrogen-bond donors (Lipinski definition) is 2. The normalized spacial score (nSPS) is 13.7. The standard InChI is InChI=1S/C16H15BrN4S/c17-12-5-4-8-14(11-12)20-16(22)21-10-9-18-15(21)19-13-6-2-1-3-7-13/h1-8,11H,9-10H2,(H,18,19)(H,20,22). The van der Waals surface area contributed by atoms with Crippen LogP contribution in [0.2, 0.25) is 0 Å². The smallest absolute Gasteiger partial charge is 0.204 e. The average molecular weight is 375 g/mol. The molecular weight excluding hydrogens is 360 g/mol.